The van der Waals surface area contributed by atoms with Gasteiger partial charge in [-0.3, -0.25) is 9.59 Å². The molecule has 1 aliphatic carbocycles. The predicted octanol–water partition coefficient (Wildman–Crippen LogP) is 1.72. The largest absolute Gasteiger partial charge is 0.341 e. The van der Waals surface area contributed by atoms with Crippen molar-refractivity contribution >= 4 is 23.2 Å². The number of likely N-dealkylation sites (tertiary alicyclic amines) is 1. The second-order valence-electron chi connectivity index (χ2n) is 5.50. The van der Waals surface area contributed by atoms with Gasteiger partial charge < -0.3 is 9.80 Å². The van der Waals surface area contributed by atoms with Gasteiger partial charge in [0.25, 0.3) is 0 Å². The molecule has 19 heavy (non-hydrogen) atoms. The van der Waals surface area contributed by atoms with E-state index in [1.165, 1.54) is 0 Å². The SMILES string of the molecule is CN(Cc1ccsc1)C(=O)C1CC(=O)N(C2CC2)C1. The molecular weight excluding hydrogens is 260 g/mol. The Balaban J connectivity index is 1.59. The van der Waals surface area contributed by atoms with Gasteiger partial charge in [-0.25, -0.2) is 0 Å². The smallest absolute Gasteiger partial charge is 0.228 e. The molecule has 1 unspecified atom stereocenters. The molecule has 0 bridgehead atoms. The fraction of sp³-hybridized carbons (Fsp3) is 0.571. The van der Waals surface area contributed by atoms with Crippen LogP contribution in [0.1, 0.15) is 24.8 Å². The molecule has 0 spiro atoms. The monoisotopic (exact) mass is 278 g/mol. The van der Waals surface area contributed by atoms with Crippen LogP contribution in [0, 0.1) is 5.92 Å². The van der Waals surface area contributed by atoms with Crippen molar-refractivity contribution in [3.05, 3.63) is 22.4 Å². The lowest BCUT2D eigenvalue weighted by Crippen LogP contribution is -2.34. The first-order chi connectivity index (χ1) is 9.15. The molecule has 1 atom stereocenters. The van der Waals surface area contributed by atoms with Crippen molar-refractivity contribution in [2.75, 3.05) is 13.6 Å². The van der Waals surface area contributed by atoms with Gasteiger partial charge in [0, 0.05) is 32.6 Å². The van der Waals surface area contributed by atoms with E-state index in [2.05, 4.69) is 5.38 Å². The first-order valence-corrected chi connectivity index (χ1v) is 7.65. The number of carbonyl (C=O) groups is 2. The number of thiophene rings is 1. The van der Waals surface area contributed by atoms with E-state index >= 15 is 0 Å². The van der Waals surface area contributed by atoms with E-state index in [1.54, 1.807) is 16.2 Å². The molecule has 2 amide bonds. The van der Waals surface area contributed by atoms with Gasteiger partial charge in [-0.2, -0.15) is 11.3 Å². The van der Waals surface area contributed by atoms with Crippen LogP contribution in [0.3, 0.4) is 0 Å². The quantitative estimate of drug-likeness (QED) is 0.841. The maximum atomic E-state index is 12.4. The molecular formula is C14H18N2O2S. The van der Waals surface area contributed by atoms with Crippen molar-refractivity contribution in [1.29, 1.82) is 0 Å². The van der Waals surface area contributed by atoms with Crippen molar-refractivity contribution in [3.8, 4) is 0 Å². The molecule has 0 aromatic carbocycles. The third-order valence-corrected chi connectivity index (χ3v) is 4.60. The fourth-order valence-electron chi connectivity index (χ4n) is 2.68. The summed E-state index contributed by atoms with van der Waals surface area (Å²) in [7, 11) is 1.82. The molecule has 1 saturated heterocycles. The standard InChI is InChI=1S/C14H18N2O2S/c1-15(7-10-4-5-19-9-10)14(18)11-6-13(17)16(8-11)12-2-3-12/h4-5,9,11-12H,2-3,6-8H2,1H3. The molecule has 2 fully saturated rings. The zero-order chi connectivity index (χ0) is 13.4. The van der Waals surface area contributed by atoms with Crippen molar-refractivity contribution < 1.29 is 9.59 Å². The number of carbonyl (C=O) groups excluding carboxylic acids is 2. The number of rotatable bonds is 4. The van der Waals surface area contributed by atoms with E-state index in [0.29, 0.717) is 25.6 Å². The van der Waals surface area contributed by atoms with E-state index in [4.69, 9.17) is 0 Å². The van der Waals surface area contributed by atoms with Gasteiger partial charge in [0.1, 0.15) is 0 Å². The van der Waals surface area contributed by atoms with Crippen LogP contribution in [-0.2, 0) is 16.1 Å². The third-order valence-electron chi connectivity index (χ3n) is 3.87. The van der Waals surface area contributed by atoms with Gasteiger partial charge >= 0.3 is 0 Å². The first kappa shape index (κ1) is 12.7. The zero-order valence-electron chi connectivity index (χ0n) is 11.0. The maximum Gasteiger partial charge on any atom is 0.228 e. The molecule has 0 radical (unpaired) electrons. The van der Waals surface area contributed by atoms with Crippen LogP contribution in [0.5, 0.6) is 0 Å². The maximum absolute atomic E-state index is 12.4. The van der Waals surface area contributed by atoms with E-state index in [1.807, 2.05) is 23.4 Å². The molecule has 2 heterocycles. The van der Waals surface area contributed by atoms with Crippen LogP contribution in [-0.4, -0.2) is 41.2 Å². The summed E-state index contributed by atoms with van der Waals surface area (Å²) < 4.78 is 0. The summed E-state index contributed by atoms with van der Waals surface area (Å²) >= 11 is 1.64. The Hall–Kier alpha value is -1.36. The highest BCUT2D eigenvalue weighted by Crippen LogP contribution is 2.33. The summed E-state index contributed by atoms with van der Waals surface area (Å²) in [6.45, 7) is 1.26. The molecule has 102 valence electrons. The van der Waals surface area contributed by atoms with E-state index in [-0.39, 0.29) is 17.7 Å². The van der Waals surface area contributed by atoms with Gasteiger partial charge in [-0.05, 0) is 35.2 Å². The number of amides is 2. The minimum Gasteiger partial charge on any atom is -0.341 e. The van der Waals surface area contributed by atoms with Crippen LogP contribution >= 0.6 is 11.3 Å². The molecule has 1 saturated carbocycles. The second kappa shape index (κ2) is 4.96. The highest BCUT2D eigenvalue weighted by atomic mass is 32.1. The van der Waals surface area contributed by atoms with Crippen LogP contribution in [0.4, 0.5) is 0 Å². The molecule has 1 aliphatic heterocycles. The van der Waals surface area contributed by atoms with E-state index < -0.39 is 0 Å². The molecule has 5 heteroatoms. The summed E-state index contributed by atoms with van der Waals surface area (Å²) in [4.78, 5) is 27.9. The lowest BCUT2D eigenvalue weighted by molar-refractivity contribution is -0.135. The predicted molar refractivity (Wildman–Crippen MR) is 73.6 cm³/mol. The Morgan fingerprint density at radius 3 is 2.95 bits per heavy atom. The highest BCUT2D eigenvalue weighted by Gasteiger charge is 2.42. The van der Waals surface area contributed by atoms with Crippen molar-refractivity contribution in [1.82, 2.24) is 9.80 Å². The molecule has 4 nitrogen and oxygen atoms in total. The molecule has 1 aromatic heterocycles. The first-order valence-electron chi connectivity index (χ1n) is 6.70. The minimum atomic E-state index is -0.142. The molecule has 0 N–H and O–H groups in total. The summed E-state index contributed by atoms with van der Waals surface area (Å²) in [5.74, 6) is 0.115. The zero-order valence-corrected chi connectivity index (χ0v) is 11.9. The van der Waals surface area contributed by atoms with Crippen molar-refractivity contribution in [2.24, 2.45) is 5.92 Å². The normalized spacial score (nSPS) is 22.9. The van der Waals surface area contributed by atoms with Crippen LogP contribution < -0.4 is 0 Å². The number of hydrogen-bond donors (Lipinski definition) is 0. The Morgan fingerprint density at radius 2 is 2.32 bits per heavy atom. The van der Waals surface area contributed by atoms with Gasteiger partial charge in [0.2, 0.25) is 11.8 Å². The van der Waals surface area contributed by atoms with Gasteiger partial charge in [0.05, 0.1) is 5.92 Å². The third kappa shape index (κ3) is 2.66. The summed E-state index contributed by atoms with van der Waals surface area (Å²) in [6.07, 6.45) is 2.61. The van der Waals surface area contributed by atoms with Gasteiger partial charge in [-0.15, -0.1) is 0 Å². The van der Waals surface area contributed by atoms with Crippen molar-refractivity contribution in [2.45, 2.75) is 31.8 Å². The van der Waals surface area contributed by atoms with Crippen LogP contribution in [0.2, 0.25) is 0 Å². The Morgan fingerprint density at radius 1 is 1.53 bits per heavy atom. The van der Waals surface area contributed by atoms with Gasteiger partial charge in [0.15, 0.2) is 0 Å². The topological polar surface area (TPSA) is 40.6 Å². The summed E-state index contributed by atoms with van der Waals surface area (Å²) in [5.41, 5.74) is 1.16. The van der Waals surface area contributed by atoms with Crippen LogP contribution in [0.25, 0.3) is 0 Å². The lowest BCUT2D eigenvalue weighted by atomic mass is 10.1. The Labute approximate surface area is 117 Å². The summed E-state index contributed by atoms with van der Waals surface area (Å²) in [6, 6.07) is 2.46. The van der Waals surface area contributed by atoms with E-state index in [9.17, 15) is 9.59 Å². The van der Waals surface area contributed by atoms with E-state index in [0.717, 1.165) is 18.4 Å². The van der Waals surface area contributed by atoms with Crippen molar-refractivity contribution in [3.63, 3.8) is 0 Å². The summed E-state index contributed by atoms with van der Waals surface area (Å²) in [5, 5.41) is 4.07. The average Bonchev–Trinajstić information content (AvgIpc) is 2.96. The molecule has 2 aliphatic rings. The fourth-order valence-corrected chi connectivity index (χ4v) is 3.34. The lowest BCUT2D eigenvalue weighted by Gasteiger charge is -2.21. The number of hydrogen-bond acceptors (Lipinski definition) is 3. The van der Waals surface area contributed by atoms with Crippen LogP contribution in [0.15, 0.2) is 16.8 Å². The second-order valence-corrected chi connectivity index (χ2v) is 6.28. The Kier molecular flexibility index (Phi) is 3.31. The number of nitrogens with zero attached hydrogens (tertiary/aromatic N) is 2. The average molecular weight is 278 g/mol. The minimum absolute atomic E-state index is 0.0997. The van der Waals surface area contributed by atoms with Gasteiger partial charge in [-0.1, -0.05) is 0 Å². The Bertz CT molecular complexity index is 482. The molecule has 3 rings (SSSR count). The molecule has 1 aromatic rings. The highest BCUT2D eigenvalue weighted by molar-refractivity contribution is 7.07.